The lowest BCUT2D eigenvalue weighted by Crippen LogP contribution is -2.46. The van der Waals surface area contributed by atoms with E-state index in [1.54, 1.807) is 55.5 Å². The number of hydrogen-bond acceptors (Lipinski definition) is 7. The quantitative estimate of drug-likeness (QED) is 0.171. The lowest BCUT2D eigenvalue weighted by atomic mass is 9.96. The Balaban J connectivity index is 1.70. The predicted molar refractivity (Wildman–Crippen MR) is 151 cm³/mol. The second kappa shape index (κ2) is 12.0. The zero-order chi connectivity index (χ0) is 28.9. The number of nitrogens with one attached hydrogen (secondary N) is 1. The van der Waals surface area contributed by atoms with Crippen LogP contribution in [-0.4, -0.2) is 38.8 Å². The van der Waals surface area contributed by atoms with Gasteiger partial charge in [-0.15, -0.1) is 0 Å². The number of sulfonamides is 1. The number of carbonyl (C=O) groups excluding carboxylic acids is 2. The molecule has 206 valence electrons. The van der Waals surface area contributed by atoms with Crippen LogP contribution in [0.25, 0.3) is 10.8 Å². The Morgan fingerprint density at radius 1 is 0.950 bits per heavy atom. The van der Waals surface area contributed by atoms with Crippen LogP contribution in [0.4, 0.5) is 11.4 Å². The number of anilines is 1. The Morgan fingerprint density at radius 3 is 2.27 bits per heavy atom. The van der Waals surface area contributed by atoms with Gasteiger partial charge in [-0.1, -0.05) is 54.6 Å². The molecule has 0 saturated carbocycles. The minimum Gasteiger partial charge on any atom is -0.490 e. The van der Waals surface area contributed by atoms with Crippen molar-refractivity contribution in [1.82, 2.24) is 4.72 Å². The van der Waals surface area contributed by atoms with Gasteiger partial charge in [0, 0.05) is 18.3 Å². The molecule has 4 rings (SSSR count). The number of rotatable bonds is 10. The van der Waals surface area contributed by atoms with Crippen LogP contribution in [0.15, 0.2) is 95.9 Å². The fraction of sp³-hybridized carbons (Fsp3) is 0.172. The van der Waals surface area contributed by atoms with Crippen LogP contribution in [0.5, 0.6) is 5.75 Å². The molecule has 0 aliphatic heterocycles. The number of carbonyl (C=O) groups is 2. The molecule has 0 heterocycles. The van der Waals surface area contributed by atoms with E-state index in [1.165, 1.54) is 42.3 Å². The lowest BCUT2D eigenvalue weighted by molar-refractivity contribution is -0.385. The molecule has 1 N–H and O–H groups in total. The Bertz CT molecular complexity index is 1670. The van der Waals surface area contributed by atoms with E-state index in [4.69, 9.17) is 4.74 Å². The number of para-hydroxylation sites is 1. The van der Waals surface area contributed by atoms with Crippen molar-refractivity contribution in [3.8, 4) is 5.75 Å². The van der Waals surface area contributed by atoms with Crippen LogP contribution in [0, 0.1) is 16.0 Å². The van der Waals surface area contributed by atoms with Crippen molar-refractivity contribution < 1.29 is 27.7 Å². The first-order valence-corrected chi connectivity index (χ1v) is 13.9. The number of nitro groups is 1. The smallest absolute Gasteiger partial charge is 0.310 e. The molecule has 0 saturated heterocycles. The van der Waals surface area contributed by atoms with Gasteiger partial charge in [-0.05, 0) is 60.0 Å². The van der Waals surface area contributed by atoms with E-state index in [0.29, 0.717) is 16.6 Å². The van der Waals surface area contributed by atoms with E-state index in [9.17, 15) is 28.1 Å². The maximum atomic E-state index is 13.8. The highest BCUT2D eigenvalue weighted by molar-refractivity contribution is 7.90. The number of methoxy groups -OCH3 is 1. The molecule has 4 aromatic rings. The summed E-state index contributed by atoms with van der Waals surface area (Å²) in [4.78, 5) is 39.3. The van der Waals surface area contributed by atoms with Gasteiger partial charge in [0.2, 0.25) is 11.8 Å². The topological polar surface area (TPSA) is 136 Å². The molecule has 0 spiro atoms. The summed E-state index contributed by atoms with van der Waals surface area (Å²) in [5, 5.41) is 12.8. The summed E-state index contributed by atoms with van der Waals surface area (Å²) in [5.41, 5.74) is 0.631. The fourth-order valence-corrected chi connectivity index (χ4v) is 5.44. The SMILES string of the molecule is CCN(C(=O)C(Cc1ccc([N+](=O)[O-])c(OC)c1)C(=O)NS(=O)(=O)c1ccc2ccccc2c1)c1ccccc1. The van der Waals surface area contributed by atoms with Crippen molar-refractivity contribution in [2.45, 2.75) is 18.2 Å². The molecule has 11 heteroatoms. The molecule has 0 radical (unpaired) electrons. The Labute approximate surface area is 231 Å². The zero-order valence-electron chi connectivity index (χ0n) is 21.8. The van der Waals surface area contributed by atoms with Gasteiger partial charge in [0.25, 0.3) is 10.0 Å². The van der Waals surface area contributed by atoms with Crippen LogP contribution in [0.3, 0.4) is 0 Å². The molecule has 2 amide bonds. The average Bonchev–Trinajstić information content (AvgIpc) is 2.96. The molecule has 4 aromatic carbocycles. The minimum absolute atomic E-state index is 0.0479. The van der Waals surface area contributed by atoms with E-state index in [2.05, 4.69) is 4.72 Å². The first kappa shape index (κ1) is 28.2. The summed E-state index contributed by atoms with van der Waals surface area (Å²) in [6.07, 6.45) is -0.227. The maximum absolute atomic E-state index is 13.8. The molecule has 0 aliphatic rings. The van der Waals surface area contributed by atoms with E-state index in [-0.39, 0.29) is 29.3 Å². The van der Waals surface area contributed by atoms with Gasteiger partial charge in [0.05, 0.1) is 16.9 Å². The highest BCUT2D eigenvalue weighted by atomic mass is 32.2. The van der Waals surface area contributed by atoms with Crippen molar-refractivity contribution >= 4 is 44.0 Å². The van der Waals surface area contributed by atoms with Crippen molar-refractivity contribution in [3.63, 3.8) is 0 Å². The Morgan fingerprint density at radius 2 is 1.62 bits per heavy atom. The molecule has 0 fully saturated rings. The summed E-state index contributed by atoms with van der Waals surface area (Å²) in [7, 11) is -3.06. The van der Waals surface area contributed by atoms with Gasteiger partial charge in [-0.3, -0.25) is 19.7 Å². The molecule has 1 atom stereocenters. The summed E-state index contributed by atoms with van der Waals surface area (Å²) >= 11 is 0. The third-order valence-electron chi connectivity index (χ3n) is 6.41. The average molecular weight is 562 g/mol. The number of nitro benzene ring substituents is 1. The van der Waals surface area contributed by atoms with E-state index < -0.39 is 32.7 Å². The summed E-state index contributed by atoms with van der Waals surface area (Å²) < 4.78 is 33.7. The van der Waals surface area contributed by atoms with Gasteiger partial charge in [0.1, 0.15) is 5.92 Å². The molecule has 1 unspecified atom stereocenters. The van der Waals surface area contributed by atoms with E-state index in [1.807, 2.05) is 12.1 Å². The molecule has 0 aromatic heterocycles. The van der Waals surface area contributed by atoms with Gasteiger partial charge in [-0.25, -0.2) is 13.1 Å². The highest BCUT2D eigenvalue weighted by Gasteiger charge is 2.34. The van der Waals surface area contributed by atoms with Crippen LogP contribution in [-0.2, 0) is 26.0 Å². The van der Waals surface area contributed by atoms with Crippen molar-refractivity contribution in [1.29, 1.82) is 0 Å². The van der Waals surface area contributed by atoms with Crippen molar-refractivity contribution in [2.75, 3.05) is 18.6 Å². The number of nitrogens with zero attached hydrogens (tertiary/aromatic N) is 2. The van der Waals surface area contributed by atoms with Gasteiger partial charge in [-0.2, -0.15) is 0 Å². The van der Waals surface area contributed by atoms with Crippen LogP contribution in [0.1, 0.15) is 12.5 Å². The van der Waals surface area contributed by atoms with Crippen LogP contribution < -0.4 is 14.4 Å². The Kier molecular flexibility index (Phi) is 8.44. The number of amides is 2. The predicted octanol–water partition coefficient (Wildman–Crippen LogP) is 4.47. The molecular formula is C29H27N3O7S. The first-order valence-electron chi connectivity index (χ1n) is 12.4. The van der Waals surface area contributed by atoms with E-state index in [0.717, 1.165) is 5.39 Å². The minimum atomic E-state index is -4.33. The van der Waals surface area contributed by atoms with Crippen LogP contribution in [0.2, 0.25) is 0 Å². The number of hydrogen-bond donors (Lipinski definition) is 1. The molecule has 10 nitrogen and oxygen atoms in total. The van der Waals surface area contributed by atoms with Gasteiger partial charge < -0.3 is 9.64 Å². The largest absolute Gasteiger partial charge is 0.490 e. The summed E-state index contributed by atoms with van der Waals surface area (Å²) in [5.74, 6) is -3.17. The Hall–Kier alpha value is -4.77. The molecular weight excluding hydrogens is 534 g/mol. The van der Waals surface area contributed by atoms with Crippen molar-refractivity contribution in [2.24, 2.45) is 5.92 Å². The highest BCUT2D eigenvalue weighted by Crippen LogP contribution is 2.29. The third-order valence-corrected chi connectivity index (χ3v) is 7.76. The molecule has 0 aliphatic carbocycles. The number of fused-ring (bicyclic) bond motifs is 1. The van der Waals surface area contributed by atoms with Gasteiger partial charge in [0.15, 0.2) is 5.75 Å². The van der Waals surface area contributed by atoms with Crippen LogP contribution >= 0.6 is 0 Å². The normalized spacial score (nSPS) is 11.9. The monoisotopic (exact) mass is 561 g/mol. The summed E-state index contributed by atoms with van der Waals surface area (Å²) in [6.45, 7) is 1.95. The van der Waals surface area contributed by atoms with Crippen molar-refractivity contribution in [3.05, 3.63) is 107 Å². The third kappa shape index (κ3) is 6.10. The standard InChI is InChI=1S/C29H27N3O7S/c1-3-31(23-11-5-4-6-12-23)29(34)25(17-20-13-16-26(32(35)36)27(18-20)39-2)28(33)30-40(37,38)24-15-14-21-9-7-8-10-22(21)19-24/h4-16,18-19,25H,3,17H2,1-2H3,(H,30,33). The molecule has 0 bridgehead atoms. The number of benzene rings is 4. The summed E-state index contributed by atoms with van der Waals surface area (Å²) in [6, 6.07) is 24.3. The molecule has 40 heavy (non-hydrogen) atoms. The number of ether oxygens (including phenoxy) is 1. The van der Waals surface area contributed by atoms with Gasteiger partial charge >= 0.3 is 5.69 Å². The van der Waals surface area contributed by atoms with E-state index >= 15 is 0 Å². The fourth-order valence-electron chi connectivity index (χ4n) is 4.39. The maximum Gasteiger partial charge on any atom is 0.310 e. The zero-order valence-corrected chi connectivity index (χ0v) is 22.6. The first-order chi connectivity index (χ1) is 19.1. The second-order valence-corrected chi connectivity index (χ2v) is 10.6. The lowest BCUT2D eigenvalue weighted by Gasteiger charge is -2.26. The second-order valence-electron chi connectivity index (χ2n) is 8.92.